The zero-order valence-corrected chi connectivity index (χ0v) is 14.0. The zero-order chi connectivity index (χ0) is 14.7. The molecule has 1 saturated heterocycles. The van der Waals surface area contributed by atoms with Crippen LogP contribution in [0.4, 0.5) is 0 Å². The largest absolute Gasteiger partial charge is 0.504 e. The Hall–Kier alpha value is -0.780. The zero-order valence-electron chi connectivity index (χ0n) is 12.4. The number of hydrogen-bond acceptors (Lipinski definition) is 4. The van der Waals surface area contributed by atoms with E-state index >= 15 is 0 Å². The average Bonchev–Trinajstić information content (AvgIpc) is 2.43. The third-order valence-electron chi connectivity index (χ3n) is 4.07. The molecule has 0 radical (unpaired) electrons. The first-order chi connectivity index (χ1) is 9.51. The van der Waals surface area contributed by atoms with Crippen molar-refractivity contribution in [3.63, 3.8) is 0 Å². The van der Waals surface area contributed by atoms with Gasteiger partial charge in [0.25, 0.3) is 0 Å². The Bertz CT molecular complexity index is 459. The van der Waals surface area contributed by atoms with E-state index in [1.165, 1.54) is 12.8 Å². The van der Waals surface area contributed by atoms with E-state index in [0.29, 0.717) is 11.8 Å². The molecular formula is C15H23BrN2O2. The van der Waals surface area contributed by atoms with Crippen LogP contribution in [-0.4, -0.2) is 55.2 Å². The van der Waals surface area contributed by atoms with E-state index in [-0.39, 0.29) is 5.75 Å². The maximum absolute atomic E-state index is 10.2. The molecule has 1 N–H and O–H groups in total. The van der Waals surface area contributed by atoms with E-state index in [9.17, 15) is 5.11 Å². The molecule has 0 unspecified atom stereocenters. The lowest BCUT2D eigenvalue weighted by atomic mass is 10.0. The monoisotopic (exact) mass is 342 g/mol. The fourth-order valence-electron chi connectivity index (χ4n) is 2.74. The molecule has 0 atom stereocenters. The van der Waals surface area contributed by atoms with Crippen molar-refractivity contribution in [1.82, 2.24) is 9.80 Å². The van der Waals surface area contributed by atoms with E-state index in [2.05, 4.69) is 39.8 Å². The Morgan fingerprint density at radius 3 is 2.65 bits per heavy atom. The fourth-order valence-corrected chi connectivity index (χ4v) is 3.22. The van der Waals surface area contributed by atoms with Crippen molar-refractivity contribution in [3.8, 4) is 11.5 Å². The third kappa shape index (κ3) is 3.65. The number of aromatic hydroxyl groups is 1. The predicted octanol–water partition coefficient (Wildman–Crippen LogP) is 2.69. The number of ether oxygens (including phenoxy) is 1. The van der Waals surface area contributed by atoms with Crippen molar-refractivity contribution < 1.29 is 9.84 Å². The van der Waals surface area contributed by atoms with Crippen LogP contribution in [0.15, 0.2) is 16.6 Å². The van der Waals surface area contributed by atoms with E-state index in [0.717, 1.165) is 29.7 Å². The molecule has 0 spiro atoms. The number of benzene rings is 1. The van der Waals surface area contributed by atoms with Crippen molar-refractivity contribution in [1.29, 1.82) is 0 Å². The molecule has 4 nitrogen and oxygen atoms in total. The summed E-state index contributed by atoms with van der Waals surface area (Å²) in [5.74, 6) is 0.765. The van der Waals surface area contributed by atoms with Crippen LogP contribution in [0.2, 0.25) is 0 Å². The SMILES string of the molecule is COc1cc(Br)cc(CN(C)C2CCN(C)CC2)c1O. The number of hydrogen-bond donors (Lipinski definition) is 1. The highest BCUT2D eigenvalue weighted by atomic mass is 79.9. The molecule has 2 rings (SSSR count). The molecule has 20 heavy (non-hydrogen) atoms. The van der Waals surface area contributed by atoms with E-state index in [1.54, 1.807) is 13.2 Å². The minimum atomic E-state index is 0.246. The van der Waals surface area contributed by atoms with Gasteiger partial charge in [-0.25, -0.2) is 0 Å². The Balaban J connectivity index is 2.07. The van der Waals surface area contributed by atoms with Gasteiger partial charge in [-0.05, 0) is 52.2 Å². The number of phenols is 1. The molecule has 1 fully saturated rings. The molecule has 1 aromatic carbocycles. The summed E-state index contributed by atoms with van der Waals surface area (Å²) in [6.45, 7) is 3.02. The first-order valence-corrected chi connectivity index (χ1v) is 7.74. The van der Waals surface area contributed by atoms with Gasteiger partial charge in [0.2, 0.25) is 0 Å². The van der Waals surface area contributed by atoms with Crippen molar-refractivity contribution in [2.24, 2.45) is 0 Å². The van der Waals surface area contributed by atoms with E-state index in [1.807, 2.05) is 6.07 Å². The highest BCUT2D eigenvalue weighted by Gasteiger charge is 2.22. The molecule has 0 bridgehead atoms. The van der Waals surface area contributed by atoms with Crippen LogP contribution in [0, 0.1) is 0 Å². The maximum atomic E-state index is 10.2. The second kappa shape index (κ2) is 6.78. The van der Waals surface area contributed by atoms with Gasteiger partial charge >= 0.3 is 0 Å². The quantitative estimate of drug-likeness (QED) is 0.912. The topological polar surface area (TPSA) is 35.9 Å². The molecule has 1 aliphatic rings. The van der Waals surface area contributed by atoms with Gasteiger partial charge in [-0.3, -0.25) is 4.90 Å². The average molecular weight is 343 g/mol. The van der Waals surface area contributed by atoms with Crippen molar-refractivity contribution in [2.75, 3.05) is 34.3 Å². The summed E-state index contributed by atoms with van der Waals surface area (Å²) in [6.07, 6.45) is 2.36. The first kappa shape index (κ1) is 15.6. The van der Waals surface area contributed by atoms with Gasteiger partial charge in [-0.15, -0.1) is 0 Å². The number of piperidine rings is 1. The molecule has 5 heteroatoms. The first-order valence-electron chi connectivity index (χ1n) is 6.95. The van der Waals surface area contributed by atoms with Gasteiger partial charge in [0.1, 0.15) is 0 Å². The summed E-state index contributed by atoms with van der Waals surface area (Å²) >= 11 is 3.47. The van der Waals surface area contributed by atoms with Crippen molar-refractivity contribution in [3.05, 3.63) is 22.2 Å². The number of nitrogens with zero attached hydrogens (tertiary/aromatic N) is 2. The lowest BCUT2D eigenvalue weighted by Gasteiger charge is -2.35. The number of phenolic OH excluding ortho intramolecular Hbond substituents is 1. The molecule has 0 aromatic heterocycles. The third-order valence-corrected chi connectivity index (χ3v) is 4.53. The predicted molar refractivity (Wildman–Crippen MR) is 84.3 cm³/mol. The molecule has 1 aromatic rings. The van der Waals surface area contributed by atoms with Crippen LogP contribution < -0.4 is 4.74 Å². The van der Waals surface area contributed by atoms with E-state index < -0.39 is 0 Å². The molecule has 0 aliphatic carbocycles. The summed E-state index contributed by atoms with van der Waals surface area (Å²) in [4.78, 5) is 4.69. The van der Waals surface area contributed by atoms with Gasteiger partial charge in [0, 0.05) is 22.6 Å². The van der Waals surface area contributed by atoms with Crippen molar-refractivity contribution in [2.45, 2.75) is 25.4 Å². The Kier molecular flexibility index (Phi) is 5.29. The summed E-state index contributed by atoms with van der Waals surface area (Å²) in [5.41, 5.74) is 0.901. The molecule has 0 amide bonds. The molecule has 1 aliphatic heterocycles. The van der Waals surface area contributed by atoms with Crippen molar-refractivity contribution >= 4 is 15.9 Å². The summed E-state index contributed by atoms with van der Waals surface area (Å²) in [5, 5.41) is 10.2. The van der Waals surface area contributed by atoms with Crippen LogP contribution in [-0.2, 0) is 6.54 Å². The van der Waals surface area contributed by atoms with Crippen LogP contribution in [0.25, 0.3) is 0 Å². The summed E-state index contributed by atoms with van der Waals surface area (Å²) in [6, 6.07) is 4.33. The smallest absolute Gasteiger partial charge is 0.162 e. The molecular weight excluding hydrogens is 320 g/mol. The van der Waals surface area contributed by atoms with Crippen LogP contribution in [0.1, 0.15) is 18.4 Å². The molecule has 0 saturated carbocycles. The van der Waals surface area contributed by atoms with Crippen LogP contribution in [0.5, 0.6) is 11.5 Å². The van der Waals surface area contributed by atoms with Gasteiger partial charge in [0.15, 0.2) is 11.5 Å². The van der Waals surface area contributed by atoms with Gasteiger partial charge in [-0.1, -0.05) is 15.9 Å². The standard InChI is InChI=1S/C15H23BrN2O2/c1-17-6-4-13(5-7-17)18(2)10-11-8-12(16)9-14(20-3)15(11)19/h8-9,13,19H,4-7,10H2,1-3H3. The summed E-state index contributed by atoms with van der Waals surface area (Å²) < 4.78 is 6.13. The normalized spacial score (nSPS) is 17.6. The molecule has 1 heterocycles. The Labute approximate surface area is 129 Å². The maximum Gasteiger partial charge on any atom is 0.162 e. The van der Waals surface area contributed by atoms with Crippen LogP contribution >= 0.6 is 15.9 Å². The second-order valence-electron chi connectivity index (χ2n) is 5.57. The second-order valence-corrected chi connectivity index (χ2v) is 6.48. The number of halogens is 1. The minimum absolute atomic E-state index is 0.246. The number of likely N-dealkylation sites (tertiary alicyclic amines) is 1. The minimum Gasteiger partial charge on any atom is -0.504 e. The highest BCUT2D eigenvalue weighted by molar-refractivity contribution is 9.10. The lowest BCUT2D eigenvalue weighted by Crippen LogP contribution is -2.41. The van der Waals surface area contributed by atoms with Crippen LogP contribution in [0.3, 0.4) is 0 Å². The van der Waals surface area contributed by atoms with Gasteiger partial charge in [0.05, 0.1) is 7.11 Å². The lowest BCUT2D eigenvalue weighted by molar-refractivity contribution is 0.138. The van der Waals surface area contributed by atoms with Gasteiger partial charge < -0.3 is 14.7 Å². The Morgan fingerprint density at radius 1 is 1.40 bits per heavy atom. The van der Waals surface area contributed by atoms with Gasteiger partial charge in [-0.2, -0.15) is 0 Å². The Morgan fingerprint density at radius 2 is 2.05 bits per heavy atom. The summed E-state index contributed by atoms with van der Waals surface area (Å²) in [7, 11) is 5.87. The number of rotatable bonds is 4. The van der Waals surface area contributed by atoms with E-state index in [4.69, 9.17) is 4.74 Å². The fraction of sp³-hybridized carbons (Fsp3) is 0.600. The molecule has 112 valence electrons. The number of methoxy groups -OCH3 is 1. The highest BCUT2D eigenvalue weighted by Crippen LogP contribution is 2.34.